The molecule has 0 saturated heterocycles. The Morgan fingerprint density at radius 3 is 1.85 bits per heavy atom. The lowest BCUT2D eigenvalue weighted by molar-refractivity contribution is -0.129. The van der Waals surface area contributed by atoms with Crippen LogP contribution in [0.4, 0.5) is 8.78 Å². The molecule has 0 atom stereocenters. The van der Waals surface area contributed by atoms with Gasteiger partial charge in [-0.3, -0.25) is 4.79 Å². The highest BCUT2D eigenvalue weighted by atomic mass is 19.1. The molecule has 2 rings (SSSR count). The standard InChI is InChI=1S/C16H15F2NO/c1-19(11-13-4-8-15(18)9-5-13)16(20)10-12-2-6-14(17)7-3-12/h2-9H,10-11H2,1H3. The van der Waals surface area contributed by atoms with Gasteiger partial charge in [0.1, 0.15) is 11.6 Å². The van der Waals surface area contributed by atoms with Crippen molar-refractivity contribution in [2.45, 2.75) is 13.0 Å². The zero-order chi connectivity index (χ0) is 14.5. The molecule has 104 valence electrons. The third-order valence-electron chi connectivity index (χ3n) is 3.03. The van der Waals surface area contributed by atoms with Crippen molar-refractivity contribution in [1.29, 1.82) is 0 Å². The van der Waals surface area contributed by atoms with Crippen molar-refractivity contribution in [3.05, 3.63) is 71.3 Å². The largest absolute Gasteiger partial charge is 0.341 e. The SMILES string of the molecule is CN(Cc1ccc(F)cc1)C(=O)Cc1ccc(F)cc1. The zero-order valence-electron chi connectivity index (χ0n) is 11.1. The van der Waals surface area contributed by atoms with Crippen molar-refractivity contribution in [1.82, 2.24) is 4.90 Å². The molecular formula is C16H15F2NO. The summed E-state index contributed by atoms with van der Waals surface area (Å²) in [5.74, 6) is -0.684. The lowest BCUT2D eigenvalue weighted by atomic mass is 10.1. The van der Waals surface area contributed by atoms with Gasteiger partial charge in [0, 0.05) is 13.6 Å². The molecule has 0 unspecified atom stereocenters. The second kappa shape index (κ2) is 6.28. The Morgan fingerprint density at radius 2 is 1.35 bits per heavy atom. The van der Waals surface area contributed by atoms with E-state index in [9.17, 15) is 13.6 Å². The van der Waals surface area contributed by atoms with E-state index in [0.717, 1.165) is 11.1 Å². The third-order valence-corrected chi connectivity index (χ3v) is 3.03. The molecule has 1 amide bonds. The highest BCUT2D eigenvalue weighted by Crippen LogP contribution is 2.09. The molecule has 0 saturated carbocycles. The van der Waals surface area contributed by atoms with Crippen LogP contribution in [0.5, 0.6) is 0 Å². The number of nitrogens with zero attached hydrogens (tertiary/aromatic N) is 1. The molecule has 0 aromatic heterocycles. The Bertz CT molecular complexity index is 578. The monoisotopic (exact) mass is 275 g/mol. The van der Waals surface area contributed by atoms with Crippen LogP contribution in [0.3, 0.4) is 0 Å². The molecule has 0 bridgehead atoms. The number of carbonyl (C=O) groups excluding carboxylic acids is 1. The summed E-state index contributed by atoms with van der Waals surface area (Å²) in [7, 11) is 1.69. The Hall–Kier alpha value is -2.23. The smallest absolute Gasteiger partial charge is 0.227 e. The highest BCUT2D eigenvalue weighted by molar-refractivity contribution is 5.78. The van der Waals surface area contributed by atoms with Crippen LogP contribution in [0.15, 0.2) is 48.5 Å². The van der Waals surface area contributed by atoms with Crippen molar-refractivity contribution >= 4 is 5.91 Å². The van der Waals surface area contributed by atoms with E-state index in [1.54, 1.807) is 36.2 Å². The number of amides is 1. The minimum Gasteiger partial charge on any atom is -0.341 e. The van der Waals surface area contributed by atoms with Crippen LogP contribution in [-0.4, -0.2) is 17.9 Å². The Kier molecular flexibility index (Phi) is 4.45. The summed E-state index contributed by atoms with van der Waals surface area (Å²) >= 11 is 0. The summed E-state index contributed by atoms with van der Waals surface area (Å²) in [5, 5.41) is 0. The van der Waals surface area contributed by atoms with E-state index >= 15 is 0 Å². The van der Waals surface area contributed by atoms with E-state index in [2.05, 4.69) is 0 Å². The van der Waals surface area contributed by atoms with E-state index < -0.39 is 0 Å². The van der Waals surface area contributed by atoms with E-state index in [0.29, 0.717) is 6.54 Å². The van der Waals surface area contributed by atoms with Crippen molar-refractivity contribution in [3.8, 4) is 0 Å². The van der Waals surface area contributed by atoms with Gasteiger partial charge in [-0.25, -0.2) is 8.78 Å². The van der Waals surface area contributed by atoms with Gasteiger partial charge < -0.3 is 4.90 Å². The fraction of sp³-hybridized carbons (Fsp3) is 0.188. The predicted octanol–water partition coefficient (Wildman–Crippen LogP) is 3.17. The number of likely N-dealkylation sites (N-methyl/N-ethyl adjacent to an activating group) is 1. The maximum Gasteiger partial charge on any atom is 0.227 e. The van der Waals surface area contributed by atoms with Gasteiger partial charge in [-0.1, -0.05) is 24.3 Å². The van der Waals surface area contributed by atoms with Gasteiger partial charge in [0.15, 0.2) is 0 Å². The number of carbonyl (C=O) groups is 1. The first-order chi connectivity index (χ1) is 9.54. The van der Waals surface area contributed by atoms with Crippen molar-refractivity contribution in [2.24, 2.45) is 0 Å². The van der Waals surface area contributed by atoms with Gasteiger partial charge in [0.2, 0.25) is 5.91 Å². The lowest BCUT2D eigenvalue weighted by Crippen LogP contribution is -2.27. The van der Waals surface area contributed by atoms with Crippen molar-refractivity contribution in [2.75, 3.05) is 7.05 Å². The first kappa shape index (κ1) is 14.2. The summed E-state index contributed by atoms with van der Waals surface area (Å²) in [5.41, 5.74) is 1.63. The number of halogens is 2. The normalized spacial score (nSPS) is 10.3. The lowest BCUT2D eigenvalue weighted by Gasteiger charge is -2.17. The Morgan fingerprint density at radius 1 is 0.900 bits per heavy atom. The van der Waals surface area contributed by atoms with Gasteiger partial charge in [-0.2, -0.15) is 0 Å². The van der Waals surface area contributed by atoms with E-state index in [1.165, 1.54) is 24.3 Å². The molecule has 2 aromatic carbocycles. The molecule has 2 nitrogen and oxygen atoms in total. The van der Waals surface area contributed by atoms with Gasteiger partial charge in [0.25, 0.3) is 0 Å². The summed E-state index contributed by atoms with van der Waals surface area (Å²) in [4.78, 5) is 13.6. The number of hydrogen-bond acceptors (Lipinski definition) is 1. The van der Waals surface area contributed by atoms with Crippen molar-refractivity contribution in [3.63, 3.8) is 0 Å². The second-order valence-corrected chi connectivity index (χ2v) is 4.68. The van der Waals surface area contributed by atoms with Crippen LogP contribution >= 0.6 is 0 Å². The quantitative estimate of drug-likeness (QED) is 0.839. The van der Waals surface area contributed by atoms with Crippen LogP contribution in [0.1, 0.15) is 11.1 Å². The molecule has 0 aliphatic rings. The van der Waals surface area contributed by atoms with Crippen LogP contribution in [0.2, 0.25) is 0 Å². The maximum atomic E-state index is 12.8. The first-order valence-electron chi connectivity index (χ1n) is 6.27. The maximum absolute atomic E-state index is 12.8. The summed E-state index contributed by atoms with van der Waals surface area (Å²) in [6, 6.07) is 11.9. The van der Waals surface area contributed by atoms with E-state index in [4.69, 9.17) is 0 Å². The molecule has 0 fully saturated rings. The van der Waals surface area contributed by atoms with E-state index in [-0.39, 0.29) is 24.0 Å². The molecule has 2 aromatic rings. The predicted molar refractivity (Wildman–Crippen MR) is 73.0 cm³/mol. The fourth-order valence-electron chi connectivity index (χ4n) is 1.86. The Balaban J connectivity index is 1.94. The van der Waals surface area contributed by atoms with Crippen LogP contribution in [-0.2, 0) is 17.8 Å². The summed E-state index contributed by atoms with van der Waals surface area (Å²) in [6.45, 7) is 0.417. The van der Waals surface area contributed by atoms with Gasteiger partial charge in [0.05, 0.1) is 6.42 Å². The van der Waals surface area contributed by atoms with Crippen LogP contribution in [0.25, 0.3) is 0 Å². The topological polar surface area (TPSA) is 20.3 Å². The minimum atomic E-state index is -0.319. The summed E-state index contributed by atoms with van der Waals surface area (Å²) < 4.78 is 25.6. The van der Waals surface area contributed by atoms with Gasteiger partial charge >= 0.3 is 0 Å². The molecule has 0 aliphatic heterocycles. The molecule has 0 radical (unpaired) electrons. The average molecular weight is 275 g/mol. The minimum absolute atomic E-state index is 0.0686. The van der Waals surface area contributed by atoms with Gasteiger partial charge in [-0.15, -0.1) is 0 Å². The first-order valence-corrected chi connectivity index (χ1v) is 6.27. The zero-order valence-corrected chi connectivity index (χ0v) is 11.1. The summed E-state index contributed by atoms with van der Waals surface area (Å²) in [6.07, 6.45) is 0.220. The van der Waals surface area contributed by atoms with Crippen LogP contribution < -0.4 is 0 Å². The number of benzene rings is 2. The van der Waals surface area contributed by atoms with Crippen molar-refractivity contribution < 1.29 is 13.6 Å². The number of rotatable bonds is 4. The van der Waals surface area contributed by atoms with E-state index in [1.807, 2.05) is 0 Å². The molecular weight excluding hydrogens is 260 g/mol. The second-order valence-electron chi connectivity index (χ2n) is 4.68. The molecule has 0 heterocycles. The van der Waals surface area contributed by atoms with Gasteiger partial charge in [-0.05, 0) is 35.4 Å². The third kappa shape index (κ3) is 3.88. The molecule has 0 N–H and O–H groups in total. The highest BCUT2D eigenvalue weighted by Gasteiger charge is 2.10. The van der Waals surface area contributed by atoms with Crippen LogP contribution in [0, 0.1) is 11.6 Å². The molecule has 20 heavy (non-hydrogen) atoms. The fourth-order valence-corrected chi connectivity index (χ4v) is 1.86. The Labute approximate surface area is 116 Å². The number of hydrogen-bond donors (Lipinski definition) is 0. The molecule has 0 spiro atoms. The average Bonchev–Trinajstić information content (AvgIpc) is 2.44. The molecule has 0 aliphatic carbocycles. The molecule has 4 heteroatoms.